The lowest BCUT2D eigenvalue weighted by atomic mass is 9.92. The first-order chi connectivity index (χ1) is 15.8. The number of hydrogen-bond donors (Lipinski definition) is 1. The number of aryl methyl sites for hydroxylation is 1. The number of carbonyl (C=O) groups excluding carboxylic acids is 2. The third-order valence-corrected chi connectivity index (χ3v) is 6.27. The van der Waals surface area contributed by atoms with Gasteiger partial charge >= 0.3 is 0 Å². The summed E-state index contributed by atoms with van der Waals surface area (Å²) in [4.78, 5) is 27.9. The summed E-state index contributed by atoms with van der Waals surface area (Å²) in [5, 5.41) is 11.7. The normalized spacial score (nSPS) is 17.5. The van der Waals surface area contributed by atoms with Gasteiger partial charge in [-0.2, -0.15) is 0 Å². The first-order valence-electron chi connectivity index (χ1n) is 10.4. The maximum absolute atomic E-state index is 13.3. The Morgan fingerprint density at radius 2 is 1.76 bits per heavy atom. The first kappa shape index (κ1) is 22.9. The van der Waals surface area contributed by atoms with Crippen LogP contribution in [0.4, 0.5) is 5.69 Å². The summed E-state index contributed by atoms with van der Waals surface area (Å²) in [6.07, 6.45) is 0. The summed E-state index contributed by atoms with van der Waals surface area (Å²) in [5.74, 6) is -1.26. The molecule has 1 heterocycles. The molecule has 1 N–H and O–H groups in total. The third-order valence-electron chi connectivity index (χ3n) is 5.53. The standard InChI is InChI=1S/C26H21Cl2NO4/c1-3-33-18-9-6-8-17(14-18)29-23(19-10-5-4-7-15(19)2)22(25(31)26(29)32)24(30)16-11-12-20(27)21(28)13-16/h4-14,23,30H,3H2,1-2H3/b24-22+. The molecule has 0 aliphatic carbocycles. The van der Waals surface area contributed by atoms with Gasteiger partial charge in [-0.15, -0.1) is 0 Å². The number of hydrogen-bond acceptors (Lipinski definition) is 4. The van der Waals surface area contributed by atoms with E-state index in [1.807, 2.05) is 38.1 Å². The van der Waals surface area contributed by atoms with Gasteiger partial charge in [0, 0.05) is 17.3 Å². The molecule has 0 saturated carbocycles. The van der Waals surface area contributed by atoms with Gasteiger partial charge < -0.3 is 9.84 Å². The minimum absolute atomic E-state index is 0.0190. The molecule has 168 valence electrons. The van der Waals surface area contributed by atoms with Crippen LogP contribution in [-0.2, 0) is 9.59 Å². The van der Waals surface area contributed by atoms with Crippen molar-refractivity contribution in [2.24, 2.45) is 0 Å². The summed E-state index contributed by atoms with van der Waals surface area (Å²) in [6, 6.07) is 18.1. The zero-order valence-corrected chi connectivity index (χ0v) is 19.5. The Labute approximate surface area is 201 Å². The van der Waals surface area contributed by atoms with Crippen molar-refractivity contribution in [3.8, 4) is 5.75 Å². The number of carbonyl (C=O) groups is 2. The van der Waals surface area contributed by atoms with E-state index in [9.17, 15) is 14.7 Å². The average molecular weight is 482 g/mol. The van der Waals surface area contributed by atoms with Crippen molar-refractivity contribution in [1.29, 1.82) is 0 Å². The van der Waals surface area contributed by atoms with E-state index in [2.05, 4.69) is 0 Å². The number of Topliss-reactive ketones (excluding diaryl/α,β-unsaturated/α-hetero) is 1. The fourth-order valence-electron chi connectivity index (χ4n) is 3.98. The van der Waals surface area contributed by atoms with E-state index in [-0.39, 0.29) is 16.4 Å². The van der Waals surface area contributed by atoms with E-state index in [0.29, 0.717) is 28.6 Å². The van der Waals surface area contributed by atoms with Crippen molar-refractivity contribution < 1.29 is 19.4 Å². The Bertz CT molecular complexity index is 1280. The highest BCUT2D eigenvalue weighted by molar-refractivity contribution is 6.51. The van der Waals surface area contributed by atoms with Crippen LogP contribution in [0.1, 0.15) is 29.7 Å². The topological polar surface area (TPSA) is 66.8 Å². The Hall–Kier alpha value is -3.28. The van der Waals surface area contributed by atoms with E-state index in [1.165, 1.54) is 17.0 Å². The second-order valence-corrected chi connectivity index (χ2v) is 8.40. The zero-order valence-electron chi connectivity index (χ0n) is 18.0. The summed E-state index contributed by atoms with van der Waals surface area (Å²) >= 11 is 12.2. The molecule has 1 aliphatic heterocycles. The molecule has 1 saturated heterocycles. The van der Waals surface area contributed by atoms with Crippen LogP contribution in [0.5, 0.6) is 5.75 Å². The molecule has 1 aliphatic rings. The van der Waals surface area contributed by atoms with E-state index in [4.69, 9.17) is 27.9 Å². The Morgan fingerprint density at radius 1 is 1.00 bits per heavy atom. The van der Waals surface area contributed by atoms with Crippen molar-refractivity contribution in [1.82, 2.24) is 0 Å². The van der Waals surface area contributed by atoms with E-state index >= 15 is 0 Å². The van der Waals surface area contributed by atoms with Crippen LogP contribution in [0.15, 0.2) is 72.3 Å². The molecule has 0 radical (unpaired) electrons. The van der Waals surface area contributed by atoms with Gasteiger partial charge in [-0.25, -0.2) is 0 Å². The number of rotatable bonds is 5. The predicted molar refractivity (Wildman–Crippen MR) is 130 cm³/mol. The lowest BCUT2D eigenvalue weighted by Crippen LogP contribution is -2.29. The molecule has 5 nitrogen and oxygen atoms in total. The summed E-state index contributed by atoms with van der Waals surface area (Å²) in [5.41, 5.74) is 2.36. The minimum atomic E-state index is -0.836. The van der Waals surface area contributed by atoms with Crippen molar-refractivity contribution in [3.63, 3.8) is 0 Å². The van der Waals surface area contributed by atoms with Gasteiger partial charge in [0.25, 0.3) is 11.7 Å². The van der Waals surface area contributed by atoms with Crippen LogP contribution < -0.4 is 9.64 Å². The molecule has 7 heteroatoms. The number of ether oxygens (including phenoxy) is 1. The Kier molecular flexibility index (Phi) is 6.45. The molecular formula is C26H21Cl2NO4. The van der Waals surface area contributed by atoms with Gasteiger partial charge in [0.2, 0.25) is 0 Å². The number of halogens is 2. The molecule has 1 atom stereocenters. The molecule has 33 heavy (non-hydrogen) atoms. The third kappa shape index (κ3) is 4.22. The number of aliphatic hydroxyl groups excluding tert-OH is 1. The molecular weight excluding hydrogens is 461 g/mol. The molecule has 3 aromatic carbocycles. The number of aliphatic hydroxyl groups is 1. The number of amides is 1. The quantitative estimate of drug-likeness (QED) is 0.262. The highest BCUT2D eigenvalue weighted by atomic mass is 35.5. The minimum Gasteiger partial charge on any atom is -0.507 e. The number of benzene rings is 3. The van der Waals surface area contributed by atoms with Crippen LogP contribution in [0.2, 0.25) is 10.0 Å². The van der Waals surface area contributed by atoms with Gasteiger partial charge in [-0.3, -0.25) is 14.5 Å². The lowest BCUT2D eigenvalue weighted by Gasteiger charge is -2.27. The highest BCUT2D eigenvalue weighted by Crippen LogP contribution is 2.44. The van der Waals surface area contributed by atoms with Crippen LogP contribution in [-0.4, -0.2) is 23.4 Å². The highest BCUT2D eigenvalue weighted by Gasteiger charge is 2.47. The fraction of sp³-hybridized carbons (Fsp3) is 0.154. The van der Waals surface area contributed by atoms with Gasteiger partial charge in [0.05, 0.1) is 28.3 Å². The Morgan fingerprint density at radius 3 is 2.45 bits per heavy atom. The molecule has 0 bridgehead atoms. The van der Waals surface area contributed by atoms with Crippen LogP contribution >= 0.6 is 23.2 Å². The molecule has 0 aromatic heterocycles. The van der Waals surface area contributed by atoms with Gasteiger partial charge in [0.1, 0.15) is 11.5 Å². The van der Waals surface area contributed by atoms with Crippen LogP contribution in [0.25, 0.3) is 5.76 Å². The van der Waals surface area contributed by atoms with E-state index in [1.54, 1.807) is 30.3 Å². The Balaban J connectivity index is 1.95. The second-order valence-electron chi connectivity index (χ2n) is 7.58. The molecule has 1 unspecified atom stereocenters. The summed E-state index contributed by atoms with van der Waals surface area (Å²) in [7, 11) is 0. The van der Waals surface area contributed by atoms with Crippen molar-refractivity contribution in [3.05, 3.63) is 99.0 Å². The first-order valence-corrected chi connectivity index (χ1v) is 11.1. The largest absolute Gasteiger partial charge is 0.507 e. The van der Waals surface area contributed by atoms with E-state index < -0.39 is 17.7 Å². The smallest absolute Gasteiger partial charge is 0.300 e. The monoisotopic (exact) mass is 481 g/mol. The molecule has 3 aromatic rings. The maximum Gasteiger partial charge on any atom is 0.300 e. The number of ketones is 1. The molecule has 4 rings (SSSR count). The lowest BCUT2D eigenvalue weighted by molar-refractivity contribution is -0.132. The van der Waals surface area contributed by atoms with Crippen molar-refractivity contribution >= 4 is 46.3 Å². The van der Waals surface area contributed by atoms with Crippen LogP contribution in [0.3, 0.4) is 0 Å². The SMILES string of the molecule is CCOc1cccc(N2C(=O)C(=O)/C(=C(/O)c3ccc(Cl)c(Cl)c3)C2c2ccccc2C)c1. The van der Waals surface area contributed by atoms with Gasteiger partial charge in [-0.1, -0.05) is 53.5 Å². The second kappa shape index (κ2) is 9.30. The average Bonchev–Trinajstić information content (AvgIpc) is 3.06. The van der Waals surface area contributed by atoms with Crippen LogP contribution in [0, 0.1) is 6.92 Å². The number of nitrogens with zero attached hydrogens (tertiary/aromatic N) is 1. The maximum atomic E-state index is 13.3. The molecule has 0 spiro atoms. The van der Waals surface area contributed by atoms with Gasteiger partial charge in [-0.05, 0) is 55.3 Å². The summed E-state index contributed by atoms with van der Waals surface area (Å²) < 4.78 is 5.59. The summed E-state index contributed by atoms with van der Waals surface area (Å²) in [6.45, 7) is 4.22. The van der Waals surface area contributed by atoms with E-state index in [0.717, 1.165) is 11.1 Å². The zero-order chi connectivity index (χ0) is 23.7. The van der Waals surface area contributed by atoms with Crippen molar-refractivity contribution in [2.75, 3.05) is 11.5 Å². The van der Waals surface area contributed by atoms with Gasteiger partial charge in [0.15, 0.2) is 0 Å². The molecule has 1 amide bonds. The fourth-order valence-corrected chi connectivity index (χ4v) is 4.27. The number of anilines is 1. The van der Waals surface area contributed by atoms with Crippen molar-refractivity contribution in [2.45, 2.75) is 19.9 Å². The predicted octanol–water partition coefficient (Wildman–Crippen LogP) is 6.33. The molecule has 1 fully saturated rings.